The number of nitrogens with one attached hydrogen (secondary N) is 1. The molecule has 0 aliphatic heterocycles. The highest BCUT2D eigenvalue weighted by Gasteiger charge is 2.28. The van der Waals surface area contributed by atoms with Crippen molar-refractivity contribution in [1.82, 2.24) is 5.32 Å². The fourth-order valence-electron chi connectivity index (χ4n) is 1.28. The molecule has 0 saturated carbocycles. The lowest BCUT2D eigenvalue weighted by atomic mass is 10.2. The van der Waals surface area contributed by atoms with Crippen LogP contribution in [-0.4, -0.2) is 53.4 Å². The highest BCUT2D eigenvalue weighted by Crippen LogP contribution is 2.17. The third-order valence-corrected chi connectivity index (χ3v) is 6.54. The average Bonchev–Trinajstić information content (AvgIpc) is 2.24. The second-order valence-electron chi connectivity index (χ2n) is 5.42. The Kier molecular flexibility index (Phi) is 7.57. The lowest BCUT2D eigenvalue weighted by Crippen LogP contribution is -2.40. The molecule has 20 heavy (non-hydrogen) atoms. The summed E-state index contributed by atoms with van der Waals surface area (Å²) in [7, 11) is -3.14. The average molecular weight is 325 g/mol. The molecule has 0 heterocycles. The van der Waals surface area contributed by atoms with Crippen molar-refractivity contribution in [3.05, 3.63) is 0 Å². The number of carboxylic acid groups (broad SMARTS) is 1. The SMILES string of the molecule is CC(=O)NC(CCSCCS(=O)(=O)C(C)(C)C)C(=O)O. The number of carbonyl (C=O) groups excluding carboxylic acids is 1. The van der Waals surface area contributed by atoms with E-state index in [0.29, 0.717) is 11.5 Å². The summed E-state index contributed by atoms with van der Waals surface area (Å²) in [6.45, 7) is 6.23. The van der Waals surface area contributed by atoms with E-state index < -0.39 is 32.5 Å². The van der Waals surface area contributed by atoms with Crippen LogP contribution in [0, 0.1) is 0 Å². The van der Waals surface area contributed by atoms with E-state index in [1.165, 1.54) is 18.7 Å². The number of aliphatic carboxylic acids is 1. The van der Waals surface area contributed by atoms with E-state index in [9.17, 15) is 18.0 Å². The number of carboxylic acids is 1. The van der Waals surface area contributed by atoms with Crippen LogP contribution in [0.15, 0.2) is 0 Å². The summed E-state index contributed by atoms with van der Waals surface area (Å²) in [4.78, 5) is 21.7. The highest BCUT2D eigenvalue weighted by atomic mass is 32.2. The van der Waals surface area contributed by atoms with Gasteiger partial charge in [-0.15, -0.1) is 0 Å². The van der Waals surface area contributed by atoms with E-state index in [1.54, 1.807) is 20.8 Å². The minimum atomic E-state index is -3.14. The molecule has 6 nitrogen and oxygen atoms in total. The lowest BCUT2D eigenvalue weighted by Gasteiger charge is -2.19. The van der Waals surface area contributed by atoms with E-state index in [1.807, 2.05) is 0 Å². The van der Waals surface area contributed by atoms with Gasteiger partial charge < -0.3 is 10.4 Å². The van der Waals surface area contributed by atoms with Crippen LogP contribution in [0.3, 0.4) is 0 Å². The third-order valence-electron chi connectivity index (χ3n) is 2.66. The third kappa shape index (κ3) is 7.14. The van der Waals surface area contributed by atoms with E-state index in [4.69, 9.17) is 5.11 Å². The van der Waals surface area contributed by atoms with E-state index in [0.717, 1.165) is 0 Å². The number of amides is 1. The van der Waals surface area contributed by atoms with Crippen molar-refractivity contribution in [1.29, 1.82) is 0 Å². The molecule has 0 rings (SSSR count). The predicted octanol–water partition coefficient (Wildman–Crippen LogP) is 0.912. The van der Waals surface area contributed by atoms with E-state index in [-0.39, 0.29) is 12.2 Å². The zero-order chi connectivity index (χ0) is 16.0. The van der Waals surface area contributed by atoms with Gasteiger partial charge in [-0.3, -0.25) is 4.79 Å². The molecule has 0 saturated heterocycles. The molecule has 0 aliphatic rings. The minimum absolute atomic E-state index is 0.0685. The summed E-state index contributed by atoms with van der Waals surface area (Å²) in [6, 6.07) is -0.917. The molecule has 0 aromatic carbocycles. The van der Waals surface area contributed by atoms with Gasteiger partial charge in [0.2, 0.25) is 5.91 Å². The van der Waals surface area contributed by atoms with Gasteiger partial charge >= 0.3 is 5.97 Å². The zero-order valence-electron chi connectivity index (χ0n) is 12.3. The van der Waals surface area contributed by atoms with Gasteiger partial charge in [0, 0.05) is 12.7 Å². The Morgan fingerprint density at radius 1 is 1.25 bits per heavy atom. The van der Waals surface area contributed by atoms with E-state index >= 15 is 0 Å². The van der Waals surface area contributed by atoms with Crippen LogP contribution < -0.4 is 5.32 Å². The molecule has 0 aromatic heterocycles. The second-order valence-corrected chi connectivity index (χ2v) is 9.51. The van der Waals surface area contributed by atoms with Gasteiger partial charge in [0.05, 0.1) is 10.5 Å². The van der Waals surface area contributed by atoms with Crippen LogP contribution in [0.25, 0.3) is 0 Å². The van der Waals surface area contributed by atoms with Crippen LogP contribution in [-0.2, 0) is 19.4 Å². The summed E-state index contributed by atoms with van der Waals surface area (Å²) < 4.78 is 22.9. The molecule has 0 aliphatic carbocycles. The molecule has 1 amide bonds. The molecule has 2 N–H and O–H groups in total. The highest BCUT2D eigenvalue weighted by molar-refractivity contribution is 8.00. The monoisotopic (exact) mass is 325 g/mol. The van der Waals surface area contributed by atoms with Crippen molar-refractivity contribution in [3.63, 3.8) is 0 Å². The maximum Gasteiger partial charge on any atom is 0.326 e. The molecule has 0 radical (unpaired) electrons. The Balaban J connectivity index is 4.08. The van der Waals surface area contributed by atoms with Gasteiger partial charge in [-0.2, -0.15) is 11.8 Å². The molecule has 0 aromatic rings. The number of hydrogen-bond donors (Lipinski definition) is 2. The molecule has 0 fully saturated rings. The predicted molar refractivity (Wildman–Crippen MR) is 80.7 cm³/mol. The zero-order valence-corrected chi connectivity index (χ0v) is 13.9. The van der Waals surface area contributed by atoms with Gasteiger partial charge in [0.1, 0.15) is 6.04 Å². The summed E-state index contributed by atoms with van der Waals surface area (Å²) in [5, 5.41) is 11.2. The van der Waals surface area contributed by atoms with Crippen LogP contribution >= 0.6 is 11.8 Å². The fourth-order valence-corrected chi connectivity index (χ4v) is 3.85. The number of carbonyl (C=O) groups is 2. The fraction of sp³-hybridized carbons (Fsp3) is 0.833. The molecular weight excluding hydrogens is 302 g/mol. The Labute approximate surface area is 124 Å². The molecule has 0 bridgehead atoms. The molecule has 1 atom stereocenters. The van der Waals surface area contributed by atoms with Crippen LogP contribution in [0.4, 0.5) is 0 Å². The van der Waals surface area contributed by atoms with Crippen molar-refractivity contribution < 1.29 is 23.1 Å². The van der Waals surface area contributed by atoms with Crippen LogP contribution in [0.5, 0.6) is 0 Å². The Morgan fingerprint density at radius 3 is 2.20 bits per heavy atom. The molecule has 1 unspecified atom stereocenters. The molecular formula is C12H23NO5S2. The van der Waals surface area contributed by atoms with E-state index in [2.05, 4.69) is 5.32 Å². The molecule has 0 spiro atoms. The first-order valence-corrected chi connectivity index (χ1v) is 9.08. The standard InChI is InChI=1S/C12H23NO5S2/c1-9(14)13-10(11(15)16)5-6-19-7-8-20(17,18)12(2,3)4/h10H,5-8H2,1-4H3,(H,13,14)(H,15,16). The van der Waals surface area contributed by atoms with Gasteiger partial charge in [-0.05, 0) is 32.9 Å². The number of rotatable bonds is 8. The van der Waals surface area contributed by atoms with Crippen LogP contribution in [0.1, 0.15) is 34.1 Å². The van der Waals surface area contributed by atoms with Gasteiger partial charge in [-0.1, -0.05) is 0 Å². The Morgan fingerprint density at radius 2 is 1.80 bits per heavy atom. The lowest BCUT2D eigenvalue weighted by molar-refractivity contribution is -0.141. The van der Waals surface area contributed by atoms with Crippen molar-refractivity contribution in [2.24, 2.45) is 0 Å². The first-order valence-electron chi connectivity index (χ1n) is 6.27. The summed E-state index contributed by atoms with van der Waals surface area (Å²) in [5.74, 6) is -0.497. The van der Waals surface area contributed by atoms with Crippen molar-refractivity contribution >= 4 is 33.5 Å². The van der Waals surface area contributed by atoms with Gasteiger partial charge in [-0.25, -0.2) is 13.2 Å². The summed E-state index contributed by atoms with van der Waals surface area (Å²) in [5.41, 5.74) is 0. The van der Waals surface area contributed by atoms with Gasteiger partial charge in [0.25, 0.3) is 0 Å². The Hall–Kier alpha value is -0.760. The van der Waals surface area contributed by atoms with Crippen LogP contribution in [0.2, 0.25) is 0 Å². The summed E-state index contributed by atoms with van der Waals surface area (Å²) in [6.07, 6.45) is 0.273. The quantitative estimate of drug-likeness (QED) is 0.643. The van der Waals surface area contributed by atoms with Crippen molar-refractivity contribution in [2.45, 2.75) is 44.9 Å². The molecule has 8 heteroatoms. The first kappa shape index (κ1) is 19.2. The maximum atomic E-state index is 11.8. The maximum absolute atomic E-state index is 11.8. The topological polar surface area (TPSA) is 101 Å². The normalized spacial score (nSPS) is 13.8. The Bertz CT molecular complexity index is 439. The number of thioether (sulfide) groups is 1. The van der Waals surface area contributed by atoms with Crippen molar-refractivity contribution in [2.75, 3.05) is 17.3 Å². The smallest absolute Gasteiger partial charge is 0.326 e. The largest absolute Gasteiger partial charge is 0.480 e. The minimum Gasteiger partial charge on any atom is -0.480 e. The van der Waals surface area contributed by atoms with Gasteiger partial charge in [0.15, 0.2) is 9.84 Å². The number of hydrogen-bond acceptors (Lipinski definition) is 5. The second kappa shape index (κ2) is 7.87. The summed E-state index contributed by atoms with van der Waals surface area (Å²) >= 11 is 1.38. The molecule has 118 valence electrons. The first-order chi connectivity index (χ1) is 8.97. The number of sulfone groups is 1. The van der Waals surface area contributed by atoms with Crippen molar-refractivity contribution in [3.8, 4) is 0 Å².